The largest absolute Gasteiger partial charge is 0.483 e. The molecule has 0 unspecified atom stereocenters. The highest BCUT2D eigenvalue weighted by molar-refractivity contribution is 9.10. The van der Waals surface area contributed by atoms with Gasteiger partial charge in [0.1, 0.15) is 11.3 Å². The van der Waals surface area contributed by atoms with Crippen LogP contribution in [-0.4, -0.2) is 31.1 Å². The fourth-order valence-corrected chi connectivity index (χ4v) is 3.57. The van der Waals surface area contributed by atoms with Crippen LogP contribution in [0.25, 0.3) is 0 Å². The number of esters is 1. The number of amides is 1. The number of carbonyl (C=O) groups excluding carboxylic acids is 2. The second kappa shape index (κ2) is 8.02. The molecule has 1 aliphatic rings. The van der Waals surface area contributed by atoms with E-state index in [1.54, 1.807) is 18.2 Å². The molecule has 1 fully saturated rings. The lowest BCUT2D eigenvalue weighted by Crippen LogP contribution is -2.57. The smallest absolute Gasteiger partial charge is 0.331 e. The van der Waals surface area contributed by atoms with Crippen molar-refractivity contribution < 1.29 is 19.1 Å². The molecule has 0 radical (unpaired) electrons. The van der Waals surface area contributed by atoms with Crippen LogP contribution in [0.1, 0.15) is 32.1 Å². The first-order chi connectivity index (χ1) is 11.0. The number of ether oxygens (including phenoxy) is 2. The summed E-state index contributed by atoms with van der Waals surface area (Å²) in [5, 5.41) is 3.37. The zero-order chi connectivity index (χ0) is 16.9. The minimum Gasteiger partial charge on any atom is -0.483 e. The van der Waals surface area contributed by atoms with Crippen LogP contribution in [0.3, 0.4) is 0 Å². The zero-order valence-electron chi connectivity index (χ0n) is 12.9. The van der Waals surface area contributed by atoms with Crippen molar-refractivity contribution in [2.45, 2.75) is 37.6 Å². The minimum absolute atomic E-state index is 0.182. The normalized spacial score (nSPS) is 16.5. The standard InChI is InChI=1S/C16H19BrClNO4/c1-22-15(21)16(7-3-2-4-8-16)19-14(20)10-23-13-6-5-11(18)9-12(13)17/h5-6,9H,2-4,7-8,10H2,1H3,(H,19,20). The van der Waals surface area contributed by atoms with Crippen molar-refractivity contribution in [3.63, 3.8) is 0 Å². The highest BCUT2D eigenvalue weighted by Crippen LogP contribution is 2.30. The van der Waals surface area contributed by atoms with Crippen molar-refractivity contribution >= 4 is 39.4 Å². The molecule has 0 atom stereocenters. The van der Waals surface area contributed by atoms with Gasteiger partial charge >= 0.3 is 5.97 Å². The van der Waals surface area contributed by atoms with Crippen LogP contribution >= 0.6 is 27.5 Å². The molecule has 1 N–H and O–H groups in total. The molecule has 23 heavy (non-hydrogen) atoms. The summed E-state index contributed by atoms with van der Waals surface area (Å²) in [7, 11) is 1.34. The van der Waals surface area contributed by atoms with E-state index in [-0.39, 0.29) is 12.5 Å². The Kier molecular flexibility index (Phi) is 6.30. The summed E-state index contributed by atoms with van der Waals surface area (Å²) in [4.78, 5) is 24.3. The molecule has 1 saturated carbocycles. The van der Waals surface area contributed by atoms with E-state index >= 15 is 0 Å². The first-order valence-electron chi connectivity index (χ1n) is 7.44. The Morgan fingerprint density at radius 1 is 1.30 bits per heavy atom. The Hall–Kier alpha value is -1.27. The minimum atomic E-state index is -0.926. The van der Waals surface area contributed by atoms with E-state index in [9.17, 15) is 9.59 Å². The number of benzene rings is 1. The molecule has 0 saturated heterocycles. The molecule has 0 bridgehead atoms. The van der Waals surface area contributed by atoms with Gasteiger partial charge < -0.3 is 14.8 Å². The van der Waals surface area contributed by atoms with Gasteiger partial charge in [0.2, 0.25) is 0 Å². The fraction of sp³-hybridized carbons (Fsp3) is 0.500. The molecule has 2 rings (SSSR count). The van der Waals surface area contributed by atoms with E-state index in [0.717, 1.165) is 19.3 Å². The van der Waals surface area contributed by atoms with Gasteiger partial charge in [0.05, 0.1) is 11.6 Å². The average Bonchev–Trinajstić information content (AvgIpc) is 2.54. The Morgan fingerprint density at radius 3 is 2.61 bits per heavy atom. The highest BCUT2D eigenvalue weighted by atomic mass is 79.9. The summed E-state index contributed by atoms with van der Waals surface area (Å²) >= 11 is 9.19. The first kappa shape index (κ1) is 18.1. The Bertz CT molecular complexity index is 587. The molecular formula is C16H19BrClNO4. The Labute approximate surface area is 148 Å². The van der Waals surface area contributed by atoms with E-state index in [1.165, 1.54) is 7.11 Å². The van der Waals surface area contributed by atoms with Gasteiger partial charge in [0.25, 0.3) is 5.91 Å². The van der Waals surface area contributed by atoms with Crippen LogP contribution in [0.4, 0.5) is 0 Å². The second-order valence-electron chi connectivity index (χ2n) is 5.55. The molecule has 1 aromatic carbocycles. The number of carbonyl (C=O) groups is 2. The molecule has 0 aromatic heterocycles. The van der Waals surface area contributed by atoms with Crippen molar-refractivity contribution in [1.29, 1.82) is 0 Å². The number of rotatable bonds is 5. The Morgan fingerprint density at radius 2 is 2.00 bits per heavy atom. The summed E-state index contributed by atoms with van der Waals surface area (Å²) in [6, 6.07) is 5.04. The topological polar surface area (TPSA) is 64.6 Å². The third-order valence-electron chi connectivity index (χ3n) is 3.91. The molecule has 1 amide bonds. The predicted molar refractivity (Wildman–Crippen MR) is 90.6 cm³/mol. The van der Waals surface area contributed by atoms with Crippen molar-refractivity contribution in [2.75, 3.05) is 13.7 Å². The molecule has 0 heterocycles. The van der Waals surface area contributed by atoms with Crippen LogP contribution in [-0.2, 0) is 14.3 Å². The molecule has 7 heteroatoms. The third-order valence-corrected chi connectivity index (χ3v) is 4.77. The number of hydrogen-bond donors (Lipinski definition) is 1. The second-order valence-corrected chi connectivity index (χ2v) is 6.84. The lowest BCUT2D eigenvalue weighted by atomic mass is 9.81. The molecule has 1 aromatic rings. The summed E-state index contributed by atoms with van der Waals surface area (Å²) in [6.45, 7) is -0.182. The number of methoxy groups -OCH3 is 1. The van der Waals surface area contributed by atoms with Crippen molar-refractivity contribution in [3.05, 3.63) is 27.7 Å². The third kappa shape index (κ3) is 4.61. The van der Waals surface area contributed by atoms with E-state index in [1.807, 2.05) is 0 Å². The van der Waals surface area contributed by atoms with Crippen LogP contribution in [0.15, 0.2) is 22.7 Å². The average molecular weight is 405 g/mol. The summed E-state index contributed by atoms with van der Waals surface area (Å²) in [6.07, 6.45) is 4.02. The molecular weight excluding hydrogens is 386 g/mol. The van der Waals surface area contributed by atoms with Crippen LogP contribution < -0.4 is 10.1 Å². The number of hydrogen-bond acceptors (Lipinski definition) is 4. The molecule has 126 valence electrons. The van der Waals surface area contributed by atoms with Gasteiger partial charge in [-0.2, -0.15) is 0 Å². The SMILES string of the molecule is COC(=O)C1(NC(=O)COc2ccc(Cl)cc2Br)CCCCC1. The quantitative estimate of drug-likeness (QED) is 0.763. The van der Waals surface area contributed by atoms with Gasteiger partial charge in [-0.05, 0) is 47.0 Å². The van der Waals surface area contributed by atoms with E-state index in [2.05, 4.69) is 21.2 Å². The maximum Gasteiger partial charge on any atom is 0.331 e. The fourth-order valence-electron chi connectivity index (χ4n) is 2.77. The monoisotopic (exact) mass is 403 g/mol. The van der Waals surface area contributed by atoms with Gasteiger partial charge in [-0.1, -0.05) is 30.9 Å². The van der Waals surface area contributed by atoms with Crippen LogP contribution in [0.5, 0.6) is 5.75 Å². The summed E-state index contributed by atoms with van der Waals surface area (Å²) < 4.78 is 11.0. The zero-order valence-corrected chi connectivity index (χ0v) is 15.2. The Balaban J connectivity index is 1.98. The van der Waals surface area contributed by atoms with Crippen molar-refractivity contribution in [1.82, 2.24) is 5.32 Å². The van der Waals surface area contributed by atoms with Crippen LogP contribution in [0.2, 0.25) is 5.02 Å². The van der Waals surface area contributed by atoms with Gasteiger partial charge in [-0.15, -0.1) is 0 Å². The molecule has 0 aliphatic heterocycles. The maximum atomic E-state index is 12.2. The molecule has 1 aliphatic carbocycles. The van der Waals surface area contributed by atoms with Gasteiger partial charge in [0, 0.05) is 5.02 Å². The molecule has 5 nitrogen and oxygen atoms in total. The summed E-state index contributed by atoms with van der Waals surface area (Å²) in [5.41, 5.74) is -0.926. The van der Waals surface area contributed by atoms with Gasteiger partial charge in [-0.3, -0.25) is 4.79 Å². The van der Waals surface area contributed by atoms with E-state index in [0.29, 0.717) is 28.1 Å². The van der Waals surface area contributed by atoms with E-state index in [4.69, 9.17) is 21.1 Å². The number of nitrogens with one attached hydrogen (secondary N) is 1. The summed E-state index contributed by atoms with van der Waals surface area (Å²) in [5.74, 6) is -0.224. The predicted octanol–water partition coefficient (Wildman–Crippen LogP) is 3.47. The molecule has 0 spiro atoms. The number of halogens is 2. The first-order valence-corrected chi connectivity index (χ1v) is 8.61. The van der Waals surface area contributed by atoms with Gasteiger partial charge in [0.15, 0.2) is 6.61 Å². The lowest BCUT2D eigenvalue weighted by molar-refractivity contribution is -0.152. The lowest BCUT2D eigenvalue weighted by Gasteiger charge is -2.35. The van der Waals surface area contributed by atoms with Crippen molar-refractivity contribution in [3.8, 4) is 5.75 Å². The maximum absolute atomic E-state index is 12.2. The van der Waals surface area contributed by atoms with Gasteiger partial charge in [-0.25, -0.2) is 4.79 Å². The van der Waals surface area contributed by atoms with Crippen LogP contribution in [0, 0.1) is 0 Å². The van der Waals surface area contributed by atoms with Crippen molar-refractivity contribution in [2.24, 2.45) is 0 Å². The highest BCUT2D eigenvalue weighted by Gasteiger charge is 2.41. The van der Waals surface area contributed by atoms with E-state index < -0.39 is 11.5 Å².